The number of hydrogen-bond donors (Lipinski definition) is 1. The SMILES string of the molecule is COc1ccc(-c2cc(-c3nc4c5c6c(sc5ncn4n3)CN(C)CC6)[nH]n2)cc1. The molecule has 4 aromatic heterocycles. The van der Waals surface area contributed by atoms with Crippen LogP contribution in [0.2, 0.25) is 0 Å². The Hall–Kier alpha value is -3.30. The second-order valence-corrected chi connectivity index (χ2v) is 8.60. The van der Waals surface area contributed by atoms with E-state index >= 15 is 0 Å². The van der Waals surface area contributed by atoms with Gasteiger partial charge in [-0.25, -0.2) is 14.5 Å². The smallest absolute Gasteiger partial charge is 0.200 e. The van der Waals surface area contributed by atoms with Gasteiger partial charge in [0.25, 0.3) is 0 Å². The summed E-state index contributed by atoms with van der Waals surface area (Å²) >= 11 is 1.76. The highest BCUT2D eigenvalue weighted by Gasteiger charge is 2.23. The molecule has 5 aromatic rings. The molecule has 9 heteroatoms. The molecule has 30 heavy (non-hydrogen) atoms. The summed E-state index contributed by atoms with van der Waals surface area (Å²) in [6.07, 6.45) is 2.77. The van der Waals surface area contributed by atoms with E-state index in [0.29, 0.717) is 5.82 Å². The third kappa shape index (κ3) is 2.70. The normalized spacial score (nSPS) is 14.5. The van der Waals surface area contributed by atoms with Crippen molar-refractivity contribution in [2.45, 2.75) is 13.0 Å². The second-order valence-electron chi connectivity index (χ2n) is 7.52. The number of aromatic nitrogens is 6. The number of likely N-dealkylation sites (N-methyl/N-ethyl adjacent to an activating group) is 1. The van der Waals surface area contributed by atoms with E-state index in [4.69, 9.17) is 9.72 Å². The van der Waals surface area contributed by atoms with Crippen LogP contribution in [0.15, 0.2) is 36.7 Å². The number of fused-ring (bicyclic) bond motifs is 5. The molecule has 0 saturated carbocycles. The molecule has 1 aliphatic heterocycles. The third-order valence-electron chi connectivity index (χ3n) is 5.57. The van der Waals surface area contributed by atoms with Crippen molar-refractivity contribution in [2.24, 2.45) is 0 Å². The van der Waals surface area contributed by atoms with E-state index in [9.17, 15) is 0 Å². The van der Waals surface area contributed by atoms with Gasteiger partial charge in [-0.2, -0.15) is 5.10 Å². The minimum atomic E-state index is 0.615. The first-order valence-corrected chi connectivity index (χ1v) is 10.6. The van der Waals surface area contributed by atoms with Crippen LogP contribution in [0.5, 0.6) is 5.75 Å². The first kappa shape index (κ1) is 17.5. The Balaban J connectivity index is 1.43. The van der Waals surface area contributed by atoms with Gasteiger partial charge in [-0.15, -0.1) is 16.4 Å². The highest BCUT2D eigenvalue weighted by atomic mass is 32.1. The average molecular weight is 417 g/mol. The van der Waals surface area contributed by atoms with Crippen molar-refractivity contribution >= 4 is 27.2 Å². The van der Waals surface area contributed by atoms with Crippen molar-refractivity contribution < 1.29 is 4.74 Å². The van der Waals surface area contributed by atoms with Crippen LogP contribution in [0.1, 0.15) is 10.4 Å². The van der Waals surface area contributed by atoms with E-state index in [-0.39, 0.29) is 0 Å². The number of nitrogens with one attached hydrogen (secondary N) is 1. The van der Waals surface area contributed by atoms with Gasteiger partial charge in [-0.1, -0.05) is 0 Å². The molecular formula is C21H19N7OS. The van der Waals surface area contributed by atoms with Gasteiger partial charge >= 0.3 is 0 Å². The van der Waals surface area contributed by atoms with Crippen LogP contribution in [0, 0.1) is 0 Å². The van der Waals surface area contributed by atoms with E-state index in [1.165, 1.54) is 10.4 Å². The molecule has 0 fully saturated rings. The number of methoxy groups -OCH3 is 1. The predicted molar refractivity (Wildman–Crippen MR) is 116 cm³/mol. The van der Waals surface area contributed by atoms with E-state index in [1.54, 1.807) is 29.3 Å². The molecule has 0 bridgehead atoms. The summed E-state index contributed by atoms with van der Waals surface area (Å²) < 4.78 is 7.00. The fourth-order valence-corrected chi connectivity index (χ4v) is 5.24. The fraction of sp³-hybridized carbons (Fsp3) is 0.238. The van der Waals surface area contributed by atoms with Crippen LogP contribution in [0.4, 0.5) is 0 Å². The molecule has 0 spiro atoms. The Morgan fingerprint density at radius 3 is 2.90 bits per heavy atom. The lowest BCUT2D eigenvalue weighted by atomic mass is 10.1. The molecule has 8 nitrogen and oxygen atoms in total. The molecule has 0 aliphatic carbocycles. The summed E-state index contributed by atoms with van der Waals surface area (Å²) in [5.74, 6) is 1.43. The van der Waals surface area contributed by atoms with E-state index in [0.717, 1.165) is 58.1 Å². The number of hydrogen-bond acceptors (Lipinski definition) is 7. The van der Waals surface area contributed by atoms with Gasteiger partial charge in [-0.05, 0) is 49.4 Å². The molecule has 1 aliphatic rings. The van der Waals surface area contributed by atoms with Crippen molar-refractivity contribution in [1.29, 1.82) is 0 Å². The summed E-state index contributed by atoms with van der Waals surface area (Å²) in [6, 6.07) is 9.79. The minimum Gasteiger partial charge on any atom is -0.497 e. The van der Waals surface area contributed by atoms with Crippen LogP contribution < -0.4 is 4.74 Å². The van der Waals surface area contributed by atoms with Gasteiger partial charge in [0.15, 0.2) is 11.5 Å². The Labute approximate surface area is 176 Å². The monoisotopic (exact) mass is 417 g/mol. The van der Waals surface area contributed by atoms with Gasteiger partial charge in [0, 0.05) is 23.5 Å². The van der Waals surface area contributed by atoms with Crippen molar-refractivity contribution in [3.63, 3.8) is 0 Å². The molecular weight excluding hydrogens is 398 g/mol. The predicted octanol–water partition coefficient (Wildman–Crippen LogP) is 3.39. The topological polar surface area (TPSA) is 84.2 Å². The summed E-state index contributed by atoms with van der Waals surface area (Å²) in [4.78, 5) is 14.3. The van der Waals surface area contributed by atoms with Crippen molar-refractivity contribution in [2.75, 3.05) is 20.7 Å². The Bertz CT molecular complexity index is 1380. The molecule has 6 rings (SSSR count). The van der Waals surface area contributed by atoms with E-state index < -0.39 is 0 Å². The number of rotatable bonds is 3. The number of nitrogens with zero attached hydrogens (tertiary/aromatic N) is 6. The highest BCUT2D eigenvalue weighted by molar-refractivity contribution is 7.19. The van der Waals surface area contributed by atoms with Crippen LogP contribution in [0.25, 0.3) is 38.6 Å². The molecule has 1 aromatic carbocycles. The summed E-state index contributed by atoms with van der Waals surface area (Å²) in [6.45, 7) is 2.02. The molecule has 0 unspecified atom stereocenters. The maximum absolute atomic E-state index is 5.23. The Morgan fingerprint density at radius 1 is 1.20 bits per heavy atom. The maximum atomic E-state index is 5.23. The molecule has 0 amide bonds. The third-order valence-corrected chi connectivity index (χ3v) is 6.70. The highest BCUT2D eigenvalue weighted by Crippen LogP contribution is 2.36. The number of H-pyrrole nitrogens is 1. The molecule has 1 N–H and O–H groups in total. The standard InChI is InChI=1S/C21H19N7OS/c1-27-8-7-14-17(10-27)30-21-18(14)20-23-19(26-28(20)11-22-21)16-9-15(24-25-16)12-3-5-13(29-2)6-4-12/h3-6,9,11H,7-8,10H2,1-2H3,(H,24,25). The molecule has 150 valence electrons. The zero-order chi connectivity index (χ0) is 20.2. The Kier molecular flexibility index (Phi) is 3.87. The van der Waals surface area contributed by atoms with Gasteiger partial charge in [0.1, 0.15) is 22.6 Å². The molecule has 5 heterocycles. The van der Waals surface area contributed by atoms with Crippen molar-refractivity contribution in [3.8, 4) is 28.5 Å². The fourth-order valence-electron chi connectivity index (χ4n) is 3.98. The van der Waals surface area contributed by atoms with Crippen LogP contribution in [-0.4, -0.2) is 55.4 Å². The largest absolute Gasteiger partial charge is 0.497 e. The first-order valence-electron chi connectivity index (χ1n) is 9.74. The lowest BCUT2D eigenvalue weighted by molar-refractivity contribution is 0.318. The van der Waals surface area contributed by atoms with Crippen LogP contribution >= 0.6 is 11.3 Å². The Morgan fingerprint density at radius 2 is 2.07 bits per heavy atom. The number of benzene rings is 1. The van der Waals surface area contributed by atoms with E-state index in [2.05, 4.69) is 32.2 Å². The van der Waals surface area contributed by atoms with Gasteiger partial charge in [-0.3, -0.25) is 5.10 Å². The quantitative estimate of drug-likeness (QED) is 0.484. The van der Waals surface area contributed by atoms with Crippen LogP contribution in [0.3, 0.4) is 0 Å². The minimum absolute atomic E-state index is 0.615. The van der Waals surface area contributed by atoms with Crippen molar-refractivity contribution in [1.82, 2.24) is 34.7 Å². The zero-order valence-electron chi connectivity index (χ0n) is 16.6. The van der Waals surface area contributed by atoms with Crippen LogP contribution in [-0.2, 0) is 13.0 Å². The maximum Gasteiger partial charge on any atom is 0.200 e. The summed E-state index contributed by atoms with van der Waals surface area (Å²) in [5.41, 5.74) is 4.85. The number of thiophene rings is 1. The zero-order valence-corrected chi connectivity index (χ0v) is 17.4. The second kappa shape index (κ2) is 6.61. The van der Waals surface area contributed by atoms with Gasteiger partial charge in [0.2, 0.25) is 0 Å². The lowest BCUT2D eigenvalue weighted by Crippen LogP contribution is -2.25. The number of ether oxygens (including phenoxy) is 1. The van der Waals surface area contributed by atoms with Crippen molar-refractivity contribution in [3.05, 3.63) is 47.1 Å². The van der Waals surface area contributed by atoms with Gasteiger partial charge < -0.3 is 9.64 Å². The molecule has 0 atom stereocenters. The summed E-state index contributed by atoms with van der Waals surface area (Å²) in [7, 11) is 3.82. The number of aromatic amines is 1. The summed E-state index contributed by atoms with van der Waals surface area (Å²) in [5, 5.41) is 13.3. The molecule has 0 radical (unpaired) electrons. The van der Waals surface area contributed by atoms with E-state index in [1.807, 2.05) is 30.3 Å². The lowest BCUT2D eigenvalue weighted by Gasteiger charge is -2.21. The first-order chi connectivity index (χ1) is 14.7. The molecule has 0 saturated heterocycles. The van der Waals surface area contributed by atoms with Gasteiger partial charge in [0.05, 0.1) is 18.2 Å². The average Bonchev–Trinajstić information content (AvgIpc) is 3.48.